The van der Waals surface area contributed by atoms with Crippen molar-refractivity contribution >= 4 is 45.0 Å². The van der Waals surface area contributed by atoms with Gasteiger partial charge in [-0.25, -0.2) is 4.98 Å². The Morgan fingerprint density at radius 1 is 0.735 bits per heavy atom. The van der Waals surface area contributed by atoms with E-state index in [4.69, 9.17) is 25.4 Å². The molecule has 0 saturated heterocycles. The third-order valence-electron chi connectivity index (χ3n) is 12.3. The van der Waals surface area contributed by atoms with Gasteiger partial charge in [-0.2, -0.15) is 0 Å². The van der Waals surface area contributed by atoms with Gasteiger partial charge in [0, 0.05) is 42.2 Å². The molecule has 0 unspecified atom stereocenters. The number of benzene rings is 5. The SMILES string of the molecule is CC(C)CCOc1ccc2ccccc2c1-c1c(OCC(=O)C[C@H](CCCC[NH3+])C(=O)N[C@H](CCC[NH+]=C(N)N)C(=O)C[C@@H](CC(C)C)c2ncc(Cc3ccccc3)o2)ccc2ccccc12. The normalized spacial score (nSPS) is 12.8. The summed E-state index contributed by atoms with van der Waals surface area (Å²) in [4.78, 5) is 50.5. The first-order valence-electron chi connectivity index (χ1n) is 24.4. The number of Topliss-reactive ketones (excluding diaryl/α,β-unsaturated/α-hetero) is 2. The van der Waals surface area contributed by atoms with Gasteiger partial charge in [0.25, 0.3) is 0 Å². The van der Waals surface area contributed by atoms with Crippen molar-refractivity contribution in [3.05, 3.63) is 127 Å². The Morgan fingerprint density at radius 2 is 1.38 bits per heavy atom. The molecule has 68 heavy (non-hydrogen) atoms. The van der Waals surface area contributed by atoms with Crippen LogP contribution in [0.1, 0.15) is 109 Å². The van der Waals surface area contributed by atoms with Crippen LogP contribution in [-0.2, 0) is 20.8 Å². The highest BCUT2D eigenvalue weighted by atomic mass is 16.5. The standard InChI is InChI=1S/C56H70N6O6/c1-37(2)27-30-66-50-25-23-40-17-8-10-20-46(40)52(50)53-47-21-11-9-18-41(47)24-26-51(53)67-36-44(63)33-42(19-12-13-28-57)54(65)62-48(22-14-29-60-56(58)59)49(64)34-43(31-38(3)4)55-61-35-45(68-55)32-39-15-6-5-7-16-39/h5-11,15-18,20-21,23-26,35,37-38,42-43,48H,12-14,19,22,27-34,36,57H2,1-4H3,(H,62,65)(H4,58,59,60)/p+2/t42-,43+,48+/m0/s1. The van der Waals surface area contributed by atoms with Crippen LogP contribution in [0.25, 0.3) is 32.7 Å². The number of hydrogen-bond acceptors (Lipinski definition) is 7. The van der Waals surface area contributed by atoms with Crippen molar-refractivity contribution in [3.8, 4) is 22.6 Å². The van der Waals surface area contributed by atoms with Gasteiger partial charge in [0.2, 0.25) is 5.91 Å². The molecule has 0 aliphatic rings. The molecule has 0 bridgehead atoms. The predicted octanol–water partition coefficient (Wildman–Crippen LogP) is 7.44. The number of amides is 1. The van der Waals surface area contributed by atoms with Crippen LogP contribution in [0.2, 0.25) is 0 Å². The summed E-state index contributed by atoms with van der Waals surface area (Å²) < 4.78 is 19.3. The van der Waals surface area contributed by atoms with Gasteiger partial charge in [-0.1, -0.05) is 119 Å². The predicted molar refractivity (Wildman–Crippen MR) is 270 cm³/mol. The molecule has 0 aliphatic carbocycles. The number of unbranched alkanes of at least 4 members (excludes halogenated alkanes) is 1. The van der Waals surface area contributed by atoms with E-state index >= 15 is 0 Å². The molecular weight excluding hydrogens is 853 g/mol. The molecule has 3 atom stereocenters. The largest absolute Gasteiger partial charge is 0.493 e. The lowest BCUT2D eigenvalue weighted by Crippen LogP contribution is -2.78. The molecule has 1 aromatic heterocycles. The van der Waals surface area contributed by atoms with Crippen molar-refractivity contribution in [1.29, 1.82) is 0 Å². The number of quaternary nitrogens is 1. The lowest BCUT2D eigenvalue weighted by atomic mass is 9.89. The topological polar surface area (TPSA) is 201 Å². The van der Waals surface area contributed by atoms with Crippen LogP contribution in [0, 0.1) is 17.8 Å². The number of hydrogen-bond donors (Lipinski definition) is 5. The molecule has 360 valence electrons. The third kappa shape index (κ3) is 14.7. The fraction of sp³-hybridized carbons (Fsp3) is 0.411. The molecule has 12 nitrogen and oxygen atoms in total. The summed E-state index contributed by atoms with van der Waals surface area (Å²) in [5.41, 5.74) is 18.2. The second-order valence-electron chi connectivity index (χ2n) is 18.8. The van der Waals surface area contributed by atoms with E-state index in [0.717, 1.165) is 62.6 Å². The Morgan fingerprint density at radius 3 is 2.01 bits per heavy atom. The minimum absolute atomic E-state index is 0.0542. The van der Waals surface area contributed by atoms with Crippen LogP contribution in [-0.4, -0.2) is 60.8 Å². The van der Waals surface area contributed by atoms with E-state index in [1.807, 2.05) is 72.8 Å². The number of fused-ring (bicyclic) bond motifs is 2. The lowest BCUT2D eigenvalue weighted by Gasteiger charge is -2.24. The fourth-order valence-electron chi connectivity index (χ4n) is 8.81. The smallest absolute Gasteiger partial charge is 0.338 e. The van der Waals surface area contributed by atoms with Crippen LogP contribution in [0.5, 0.6) is 11.5 Å². The summed E-state index contributed by atoms with van der Waals surface area (Å²) >= 11 is 0. The molecule has 1 heterocycles. The molecule has 5 aromatic carbocycles. The molecule has 6 aromatic rings. The second kappa shape index (κ2) is 25.6. The van der Waals surface area contributed by atoms with Crippen molar-refractivity contribution in [1.82, 2.24) is 10.3 Å². The molecular formula is C56H72N6O6+2. The first kappa shape index (κ1) is 50.9. The van der Waals surface area contributed by atoms with Gasteiger partial charge in [0.05, 0.1) is 31.9 Å². The number of rotatable bonds is 28. The summed E-state index contributed by atoms with van der Waals surface area (Å²) in [5, 5.41) is 7.16. The number of guanidine groups is 1. The van der Waals surface area contributed by atoms with Gasteiger partial charge in [0.15, 0.2) is 17.5 Å². The number of nitrogens with two attached hydrogens (primary N) is 2. The molecule has 9 N–H and O–H groups in total. The van der Waals surface area contributed by atoms with E-state index in [1.165, 1.54) is 0 Å². The number of carbonyl (C=O) groups is 3. The van der Waals surface area contributed by atoms with E-state index in [-0.39, 0.29) is 54.7 Å². The maximum Gasteiger partial charge on any atom is 0.338 e. The number of ketones is 2. The van der Waals surface area contributed by atoms with Gasteiger partial charge in [0.1, 0.15) is 23.9 Å². The highest BCUT2D eigenvalue weighted by Crippen LogP contribution is 2.45. The van der Waals surface area contributed by atoms with Gasteiger partial charge in [-0.05, 0) is 96.0 Å². The van der Waals surface area contributed by atoms with E-state index in [2.05, 4.69) is 79.1 Å². The van der Waals surface area contributed by atoms with E-state index in [9.17, 15) is 14.4 Å². The molecule has 0 spiro atoms. The van der Waals surface area contributed by atoms with E-state index < -0.39 is 12.0 Å². The minimum atomic E-state index is -0.823. The number of oxazole rings is 1. The summed E-state index contributed by atoms with van der Waals surface area (Å²) in [7, 11) is 0. The Hall–Kier alpha value is -6.53. The van der Waals surface area contributed by atoms with Crippen LogP contribution < -0.4 is 37.0 Å². The van der Waals surface area contributed by atoms with Crippen molar-refractivity contribution < 1.29 is 39.0 Å². The van der Waals surface area contributed by atoms with Crippen molar-refractivity contribution in [2.24, 2.45) is 29.2 Å². The lowest BCUT2D eigenvalue weighted by molar-refractivity contribution is -0.459. The van der Waals surface area contributed by atoms with Crippen LogP contribution in [0.4, 0.5) is 0 Å². The fourth-order valence-corrected chi connectivity index (χ4v) is 8.81. The van der Waals surface area contributed by atoms with Crippen molar-refractivity contribution in [3.63, 3.8) is 0 Å². The summed E-state index contributed by atoms with van der Waals surface area (Å²) in [6.07, 6.45) is 6.78. The first-order chi connectivity index (χ1) is 32.9. The van der Waals surface area contributed by atoms with E-state index in [1.54, 1.807) is 6.20 Å². The molecule has 6 rings (SSSR count). The monoisotopic (exact) mass is 925 g/mol. The van der Waals surface area contributed by atoms with Crippen LogP contribution in [0.3, 0.4) is 0 Å². The number of nitrogens with one attached hydrogen (secondary N) is 2. The number of ether oxygens (including phenoxy) is 2. The summed E-state index contributed by atoms with van der Waals surface area (Å²) in [6.45, 7) is 9.99. The third-order valence-corrected chi connectivity index (χ3v) is 12.3. The van der Waals surface area contributed by atoms with Crippen molar-refractivity contribution in [2.75, 3.05) is 26.3 Å². The number of carbonyl (C=O) groups excluding carboxylic acids is 3. The van der Waals surface area contributed by atoms with Crippen LogP contribution in [0.15, 0.2) is 114 Å². The minimum Gasteiger partial charge on any atom is -0.493 e. The summed E-state index contributed by atoms with van der Waals surface area (Å²) in [6, 6.07) is 33.6. The second-order valence-corrected chi connectivity index (χ2v) is 18.8. The zero-order chi connectivity index (χ0) is 48.4. The average Bonchev–Trinajstić information content (AvgIpc) is 3.79. The summed E-state index contributed by atoms with van der Waals surface area (Å²) in [5.74, 6) is 1.66. The van der Waals surface area contributed by atoms with Gasteiger partial charge in [-0.3, -0.25) is 30.8 Å². The molecule has 0 fully saturated rings. The quantitative estimate of drug-likeness (QED) is 0.0188. The maximum atomic E-state index is 14.4. The highest BCUT2D eigenvalue weighted by Gasteiger charge is 2.31. The zero-order valence-electron chi connectivity index (χ0n) is 40.4. The molecule has 0 radical (unpaired) electrons. The van der Waals surface area contributed by atoms with Gasteiger partial charge >= 0.3 is 5.96 Å². The molecule has 0 aliphatic heterocycles. The maximum absolute atomic E-state index is 14.4. The number of nitrogens with zero attached hydrogens (tertiary/aromatic N) is 1. The number of aromatic nitrogens is 1. The zero-order valence-corrected chi connectivity index (χ0v) is 40.4. The van der Waals surface area contributed by atoms with Gasteiger partial charge in [-0.15, -0.1) is 0 Å². The molecule has 12 heteroatoms. The Bertz CT molecular complexity index is 2600. The van der Waals surface area contributed by atoms with Crippen LogP contribution >= 0.6 is 0 Å². The first-order valence-corrected chi connectivity index (χ1v) is 24.4. The molecule has 0 saturated carbocycles. The Balaban J connectivity index is 1.22. The molecule has 1 amide bonds. The Labute approximate surface area is 401 Å². The highest BCUT2D eigenvalue weighted by molar-refractivity contribution is 6.10. The van der Waals surface area contributed by atoms with E-state index in [0.29, 0.717) is 75.8 Å². The Kier molecular flexibility index (Phi) is 19.1. The average molecular weight is 925 g/mol. The van der Waals surface area contributed by atoms with Gasteiger partial charge < -0.3 is 24.9 Å². The van der Waals surface area contributed by atoms with Crippen molar-refractivity contribution in [2.45, 2.75) is 104 Å².